The number of halogens is 3. The van der Waals surface area contributed by atoms with Crippen LogP contribution in [0.2, 0.25) is 0 Å². The van der Waals surface area contributed by atoms with Crippen LogP contribution in [0, 0.1) is 22.7 Å². The second-order valence-corrected chi connectivity index (χ2v) is 11.8. The van der Waals surface area contributed by atoms with Crippen LogP contribution in [0.3, 0.4) is 0 Å². The maximum atomic E-state index is 13.7. The first-order valence-corrected chi connectivity index (χ1v) is 12.8. The quantitative estimate of drug-likeness (QED) is 0.136. The number of carbonyl (C=O) groups is 1. The molecule has 0 aromatic heterocycles. The summed E-state index contributed by atoms with van der Waals surface area (Å²) in [5.41, 5.74) is -0.414. The Kier molecular flexibility index (Phi) is 6.87. The van der Waals surface area contributed by atoms with Crippen molar-refractivity contribution in [3.05, 3.63) is 12.2 Å². The molecule has 3 atom stereocenters. The SMILES string of the molecule is C=C(C)C(=O)OCCOC(C)OCC12CC3CC(C1)CC(C1OC(C(F)(F)S(=O)(=O)F)O1)(C3)C2. The van der Waals surface area contributed by atoms with E-state index in [0.717, 1.165) is 32.1 Å². The van der Waals surface area contributed by atoms with Crippen molar-refractivity contribution in [1.82, 2.24) is 0 Å². The number of esters is 1. The molecule has 4 saturated carbocycles. The molecular formula is C22H31F3O8S. The van der Waals surface area contributed by atoms with Crippen LogP contribution in [-0.2, 0) is 38.7 Å². The summed E-state index contributed by atoms with van der Waals surface area (Å²) < 4.78 is 88.8. The number of ether oxygens (including phenoxy) is 5. The summed E-state index contributed by atoms with van der Waals surface area (Å²) in [7, 11) is -6.14. The third-order valence-electron chi connectivity index (χ3n) is 7.46. The van der Waals surface area contributed by atoms with Crippen molar-refractivity contribution in [2.75, 3.05) is 19.8 Å². The average molecular weight is 513 g/mol. The van der Waals surface area contributed by atoms with Gasteiger partial charge in [-0.15, -0.1) is 0 Å². The Labute approximate surface area is 197 Å². The molecule has 0 aromatic rings. The van der Waals surface area contributed by atoms with E-state index in [1.54, 1.807) is 13.8 Å². The van der Waals surface area contributed by atoms with Gasteiger partial charge in [-0.25, -0.2) is 4.79 Å². The normalized spacial score (nSPS) is 37.8. The highest BCUT2D eigenvalue weighted by Crippen LogP contribution is 2.68. The maximum Gasteiger partial charge on any atom is 0.423 e. The Morgan fingerprint density at radius 3 is 2.32 bits per heavy atom. The predicted molar refractivity (Wildman–Crippen MR) is 111 cm³/mol. The first kappa shape index (κ1) is 25.9. The van der Waals surface area contributed by atoms with Crippen LogP contribution in [0.1, 0.15) is 52.4 Å². The molecule has 0 aromatic carbocycles. The van der Waals surface area contributed by atoms with Crippen LogP contribution in [0.4, 0.5) is 12.7 Å². The lowest BCUT2D eigenvalue weighted by molar-refractivity contribution is -0.460. The average Bonchev–Trinajstić information content (AvgIpc) is 2.66. The van der Waals surface area contributed by atoms with Crippen molar-refractivity contribution in [2.45, 2.75) is 76.5 Å². The summed E-state index contributed by atoms with van der Waals surface area (Å²) in [6.07, 6.45) is 1.02. The van der Waals surface area contributed by atoms with Crippen LogP contribution in [-0.4, -0.2) is 58.3 Å². The summed E-state index contributed by atoms with van der Waals surface area (Å²) in [5.74, 6) is 0.235. The van der Waals surface area contributed by atoms with Gasteiger partial charge in [-0.05, 0) is 69.6 Å². The molecule has 3 unspecified atom stereocenters. The van der Waals surface area contributed by atoms with E-state index in [0.29, 0.717) is 30.4 Å². The number of alkyl halides is 2. The van der Waals surface area contributed by atoms with Crippen molar-refractivity contribution in [3.63, 3.8) is 0 Å². The highest BCUT2D eigenvalue weighted by atomic mass is 32.3. The monoisotopic (exact) mass is 512 g/mol. The third kappa shape index (κ3) is 4.88. The molecule has 12 heteroatoms. The van der Waals surface area contributed by atoms with Crippen molar-refractivity contribution in [3.8, 4) is 0 Å². The van der Waals surface area contributed by atoms with Gasteiger partial charge < -0.3 is 23.7 Å². The van der Waals surface area contributed by atoms with Gasteiger partial charge >= 0.3 is 21.4 Å². The van der Waals surface area contributed by atoms with Crippen molar-refractivity contribution < 1.29 is 49.6 Å². The zero-order valence-electron chi connectivity index (χ0n) is 19.3. The van der Waals surface area contributed by atoms with Gasteiger partial charge in [0.25, 0.3) is 0 Å². The van der Waals surface area contributed by atoms with E-state index in [1.165, 1.54) is 0 Å². The molecule has 8 nitrogen and oxygen atoms in total. The van der Waals surface area contributed by atoms with E-state index in [2.05, 4.69) is 6.58 Å². The van der Waals surface area contributed by atoms with Crippen LogP contribution < -0.4 is 0 Å². The minimum atomic E-state index is -6.14. The molecular weight excluding hydrogens is 481 g/mol. The van der Waals surface area contributed by atoms with Crippen LogP contribution in [0.15, 0.2) is 12.2 Å². The summed E-state index contributed by atoms with van der Waals surface area (Å²) in [6, 6.07) is 0. The highest BCUT2D eigenvalue weighted by molar-refractivity contribution is 7.87. The molecule has 0 spiro atoms. The van der Waals surface area contributed by atoms with Crippen LogP contribution in [0.5, 0.6) is 0 Å². The van der Waals surface area contributed by atoms with Gasteiger partial charge in [-0.1, -0.05) is 10.5 Å². The van der Waals surface area contributed by atoms with Crippen LogP contribution in [0.25, 0.3) is 0 Å². The first-order valence-electron chi connectivity index (χ1n) is 11.4. The second-order valence-electron chi connectivity index (χ2n) is 10.4. The van der Waals surface area contributed by atoms with E-state index in [-0.39, 0.29) is 18.6 Å². The zero-order valence-corrected chi connectivity index (χ0v) is 20.1. The standard InChI is InChI=1S/C22H31F3O8S/c1-13(2)17(26)30-5-4-29-14(3)31-12-20-7-15-6-16(8-20)10-21(9-15,11-20)18-32-19(33-18)22(23,24)34(25,27)28/h14-16,18-19H,1,4-12H2,2-3H3. The molecule has 5 rings (SSSR count). The topological polar surface area (TPSA) is 97.4 Å². The first-order chi connectivity index (χ1) is 15.8. The largest absolute Gasteiger partial charge is 0.460 e. The van der Waals surface area contributed by atoms with E-state index in [9.17, 15) is 25.9 Å². The molecule has 0 N–H and O–H groups in total. The third-order valence-corrected chi connectivity index (χ3v) is 8.31. The summed E-state index contributed by atoms with van der Waals surface area (Å²) in [5, 5.41) is -4.74. The van der Waals surface area contributed by atoms with Gasteiger partial charge in [-0.3, -0.25) is 0 Å². The Morgan fingerprint density at radius 1 is 1.15 bits per heavy atom. The molecule has 0 amide bonds. The zero-order chi connectivity index (χ0) is 24.9. The van der Waals surface area contributed by atoms with Crippen molar-refractivity contribution in [1.29, 1.82) is 0 Å². The second kappa shape index (κ2) is 9.02. The van der Waals surface area contributed by atoms with Crippen molar-refractivity contribution in [2.24, 2.45) is 22.7 Å². The van der Waals surface area contributed by atoms with Gasteiger partial charge in [0.2, 0.25) is 6.29 Å². The molecule has 34 heavy (non-hydrogen) atoms. The molecule has 5 aliphatic rings. The van der Waals surface area contributed by atoms with E-state index in [4.69, 9.17) is 23.7 Å². The van der Waals surface area contributed by atoms with Gasteiger partial charge in [0.1, 0.15) is 6.61 Å². The number of hydrogen-bond donors (Lipinski definition) is 0. The Morgan fingerprint density at radius 2 is 1.76 bits per heavy atom. The van der Waals surface area contributed by atoms with E-state index < -0.39 is 45.7 Å². The molecule has 4 bridgehead atoms. The number of carbonyl (C=O) groups excluding carboxylic acids is 1. The minimum absolute atomic E-state index is 0.0779. The van der Waals surface area contributed by atoms with E-state index >= 15 is 0 Å². The van der Waals surface area contributed by atoms with E-state index in [1.807, 2.05) is 0 Å². The molecule has 5 fully saturated rings. The molecule has 1 aliphatic heterocycles. The lowest BCUT2D eigenvalue weighted by atomic mass is 9.44. The Hall–Kier alpha value is -1.21. The summed E-state index contributed by atoms with van der Waals surface area (Å²) in [6.45, 7) is 7.46. The van der Waals surface area contributed by atoms with Gasteiger partial charge in [0, 0.05) is 11.0 Å². The maximum absolute atomic E-state index is 13.7. The molecule has 1 heterocycles. The lowest BCUT2D eigenvalue weighted by Crippen LogP contribution is -2.65. The van der Waals surface area contributed by atoms with Gasteiger partial charge in [0.05, 0.1) is 13.2 Å². The molecule has 0 radical (unpaired) electrons. The fourth-order valence-electron chi connectivity index (χ4n) is 6.58. The number of hydrogen-bond acceptors (Lipinski definition) is 8. The Bertz CT molecular complexity index is 903. The lowest BCUT2D eigenvalue weighted by Gasteiger charge is -2.65. The fourth-order valence-corrected chi connectivity index (χ4v) is 6.92. The molecule has 1 saturated heterocycles. The predicted octanol–water partition coefficient (Wildman–Crippen LogP) is 3.66. The van der Waals surface area contributed by atoms with Gasteiger partial charge in [-0.2, -0.15) is 17.2 Å². The van der Waals surface area contributed by atoms with Gasteiger partial charge in [0.15, 0.2) is 12.6 Å². The molecule has 4 aliphatic carbocycles. The fraction of sp³-hybridized carbons (Fsp3) is 0.864. The Balaban J connectivity index is 1.31. The smallest absolute Gasteiger partial charge is 0.423 e. The summed E-state index contributed by atoms with van der Waals surface area (Å²) in [4.78, 5) is 11.4. The van der Waals surface area contributed by atoms with Crippen molar-refractivity contribution >= 4 is 16.2 Å². The summed E-state index contributed by atoms with van der Waals surface area (Å²) >= 11 is 0. The number of rotatable bonds is 11. The highest BCUT2D eigenvalue weighted by Gasteiger charge is 2.68. The molecule has 194 valence electrons. The minimum Gasteiger partial charge on any atom is -0.460 e. The van der Waals surface area contributed by atoms with Crippen LogP contribution >= 0.6 is 0 Å².